The van der Waals surface area contributed by atoms with Crippen LogP contribution in [-0.2, 0) is 11.2 Å². The lowest BCUT2D eigenvalue weighted by atomic mass is 10.1. The number of benzene rings is 1. The maximum Gasteiger partial charge on any atom is 0.411 e. The summed E-state index contributed by atoms with van der Waals surface area (Å²) in [6.45, 7) is 2.65. The van der Waals surface area contributed by atoms with Gasteiger partial charge in [-0.1, -0.05) is 30.3 Å². The molecule has 1 aromatic carbocycles. The predicted molar refractivity (Wildman–Crippen MR) is 86.3 cm³/mol. The van der Waals surface area contributed by atoms with Crippen molar-refractivity contribution in [2.75, 3.05) is 23.8 Å². The van der Waals surface area contributed by atoms with Crippen molar-refractivity contribution in [2.45, 2.75) is 13.3 Å². The average Bonchev–Trinajstić information content (AvgIpc) is 2.51. The topological polar surface area (TPSA) is 83.2 Å². The summed E-state index contributed by atoms with van der Waals surface area (Å²) in [7, 11) is 0. The fourth-order valence-corrected chi connectivity index (χ4v) is 1.94. The van der Waals surface area contributed by atoms with Crippen molar-refractivity contribution in [1.29, 1.82) is 0 Å². The van der Waals surface area contributed by atoms with Crippen molar-refractivity contribution in [1.82, 2.24) is 4.98 Å². The van der Waals surface area contributed by atoms with E-state index in [0.29, 0.717) is 12.4 Å². The van der Waals surface area contributed by atoms with Gasteiger partial charge in [0.25, 0.3) is 5.56 Å². The molecule has 0 fully saturated rings. The van der Waals surface area contributed by atoms with Gasteiger partial charge in [0.1, 0.15) is 11.5 Å². The highest BCUT2D eigenvalue weighted by atomic mass is 16.5. The molecule has 2 aromatic rings. The zero-order chi connectivity index (χ0) is 15.8. The first-order chi connectivity index (χ1) is 10.7. The van der Waals surface area contributed by atoms with Crippen LogP contribution < -0.4 is 16.2 Å². The molecule has 0 aliphatic rings. The summed E-state index contributed by atoms with van der Waals surface area (Å²) in [5.41, 5.74) is 1.00. The zero-order valence-electron chi connectivity index (χ0n) is 12.4. The Morgan fingerprint density at radius 2 is 1.95 bits per heavy atom. The maximum absolute atomic E-state index is 11.8. The van der Waals surface area contributed by atoms with Gasteiger partial charge in [-0.25, -0.2) is 4.79 Å². The van der Waals surface area contributed by atoms with E-state index in [-0.39, 0.29) is 17.9 Å². The van der Waals surface area contributed by atoms with Crippen LogP contribution in [0.2, 0.25) is 0 Å². The number of carbonyl (C=O) groups is 1. The van der Waals surface area contributed by atoms with E-state index < -0.39 is 6.09 Å². The third-order valence-electron chi connectivity index (χ3n) is 2.99. The monoisotopic (exact) mass is 301 g/mol. The van der Waals surface area contributed by atoms with Crippen molar-refractivity contribution >= 4 is 17.6 Å². The number of aromatic nitrogens is 1. The van der Waals surface area contributed by atoms with Gasteiger partial charge in [0.2, 0.25) is 0 Å². The first kappa shape index (κ1) is 15.6. The SMILES string of the molecule is CCOC(=O)Nc1ccc(NCCc2ccccc2)[nH]c1=O. The second-order valence-electron chi connectivity index (χ2n) is 4.62. The third-order valence-corrected chi connectivity index (χ3v) is 2.99. The fourth-order valence-electron chi connectivity index (χ4n) is 1.94. The van der Waals surface area contributed by atoms with E-state index in [1.165, 1.54) is 5.56 Å². The van der Waals surface area contributed by atoms with Crippen LogP contribution >= 0.6 is 0 Å². The van der Waals surface area contributed by atoms with Crippen LogP contribution in [0.25, 0.3) is 0 Å². The average molecular weight is 301 g/mol. The van der Waals surface area contributed by atoms with Crippen LogP contribution in [0.15, 0.2) is 47.3 Å². The number of carbonyl (C=O) groups excluding carboxylic acids is 1. The Morgan fingerprint density at radius 1 is 1.18 bits per heavy atom. The van der Waals surface area contributed by atoms with E-state index >= 15 is 0 Å². The number of rotatable bonds is 6. The van der Waals surface area contributed by atoms with E-state index in [0.717, 1.165) is 6.42 Å². The molecule has 0 aliphatic heterocycles. The largest absolute Gasteiger partial charge is 0.450 e. The van der Waals surface area contributed by atoms with Gasteiger partial charge in [-0.3, -0.25) is 10.1 Å². The summed E-state index contributed by atoms with van der Waals surface area (Å²) in [6, 6.07) is 13.3. The number of amides is 1. The van der Waals surface area contributed by atoms with Crippen LogP contribution in [0.5, 0.6) is 0 Å². The summed E-state index contributed by atoms with van der Waals surface area (Å²) in [5.74, 6) is 0.607. The van der Waals surface area contributed by atoms with Crippen LogP contribution in [0, 0.1) is 0 Å². The molecule has 6 heteroatoms. The van der Waals surface area contributed by atoms with Crippen molar-refractivity contribution < 1.29 is 9.53 Å². The molecule has 0 unspecified atom stereocenters. The summed E-state index contributed by atoms with van der Waals surface area (Å²) < 4.78 is 4.73. The van der Waals surface area contributed by atoms with Gasteiger partial charge in [0, 0.05) is 6.54 Å². The predicted octanol–water partition coefficient (Wildman–Crippen LogP) is 2.60. The van der Waals surface area contributed by atoms with E-state index in [1.807, 2.05) is 18.2 Å². The molecule has 0 spiro atoms. The molecule has 0 bridgehead atoms. The Labute approximate surface area is 128 Å². The van der Waals surface area contributed by atoms with Gasteiger partial charge in [-0.05, 0) is 31.0 Å². The highest BCUT2D eigenvalue weighted by Crippen LogP contribution is 2.06. The second-order valence-corrected chi connectivity index (χ2v) is 4.62. The zero-order valence-corrected chi connectivity index (χ0v) is 12.4. The van der Waals surface area contributed by atoms with E-state index in [2.05, 4.69) is 27.8 Å². The highest BCUT2D eigenvalue weighted by Gasteiger charge is 2.06. The minimum absolute atomic E-state index is 0.159. The minimum atomic E-state index is -0.641. The highest BCUT2D eigenvalue weighted by molar-refractivity contribution is 5.84. The molecule has 2 rings (SSSR count). The number of ether oxygens (including phenoxy) is 1. The number of H-pyrrole nitrogens is 1. The first-order valence-electron chi connectivity index (χ1n) is 7.14. The molecule has 116 valence electrons. The summed E-state index contributed by atoms with van der Waals surface area (Å²) >= 11 is 0. The molecule has 1 amide bonds. The molecular weight excluding hydrogens is 282 g/mol. The number of anilines is 2. The lowest BCUT2D eigenvalue weighted by Crippen LogP contribution is -2.21. The summed E-state index contributed by atoms with van der Waals surface area (Å²) in [4.78, 5) is 25.8. The number of nitrogens with one attached hydrogen (secondary N) is 3. The molecule has 0 saturated carbocycles. The van der Waals surface area contributed by atoms with Crippen LogP contribution in [-0.4, -0.2) is 24.2 Å². The van der Waals surface area contributed by atoms with Gasteiger partial charge in [0.05, 0.1) is 6.61 Å². The van der Waals surface area contributed by atoms with Crippen LogP contribution in [0.1, 0.15) is 12.5 Å². The minimum Gasteiger partial charge on any atom is -0.450 e. The lowest BCUT2D eigenvalue weighted by molar-refractivity contribution is 0.168. The first-order valence-corrected chi connectivity index (χ1v) is 7.14. The second kappa shape index (κ2) is 7.87. The number of hydrogen-bond donors (Lipinski definition) is 3. The Morgan fingerprint density at radius 3 is 2.64 bits per heavy atom. The van der Waals surface area contributed by atoms with Crippen molar-refractivity contribution in [3.05, 3.63) is 58.4 Å². The van der Waals surface area contributed by atoms with Gasteiger partial charge in [-0.2, -0.15) is 0 Å². The van der Waals surface area contributed by atoms with Gasteiger partial charge in [0.15, 0.2) is 0 Å². The molecule has 22 heavy (non-hydrogen) atoms. The molecule has 0 aliphatic carbocycles. The third kappa shape index (κ3) is 4.66. The molecule has 6 nitrogen and oxygen atoms in total. The quantitative estimate of drug-likeness (QED) is 0.766. The van der Waals surface area contributed by atoms with Crippen molar-refractivity contribution in [3.63, 3.8) is 0 Å². The Kier molecular flexibility index (Phi) is 5.59. The fraction of sp³-hybridized carbons (Fsp3) is 0.250. The Balaban J connectivity index is 1.89. The van der Waals surface area contributed by atoms with Crippen molar-refractivity contribution in [3.8, 4) is 0 Å². The summed E-state index contributed by atoms with van der Waals surface area (Å²) in [5, 5.41) is 5.53. The van der Waals surface area contributed by atoms with Crippen LogP contribution in [0.3, 0.4) is 0 Å². The Hall–Kier alpha value is -2.76. The van der Waals surface area contributed by atoms with E-state index in [4.69, 9.17) is 4.74 Å². The van der Waals surface area contributed by atoms with Gasteiger partial charge < -0.3 is 15.0 Å². The smallest absolute Gasteiger partial charge is 0.411 e. The number of hydrogen-bond acceptors (Lipinski definition) is 4. The maximum atomic E-state index is 11.8. The number of aromatic amines is 1. The van der Waals surface area contributed by atoms with E-state index in [9.17, 15) is 9.59 Å². The standard InChI is InChI=1S/C16H19N3O3/c1-2-22-16(21)18-13-8-9-14(19-15(13)20)17-11-10-12-6-4-3-5-7-12/h3-9H,2,10-11H2,1H3,(H,18,21)(H2,17,19,20). The molecule has 0 atom stereocenters. The van der Waals surface area contributed by atoms with Gasteiger partial charge >= 0.3 is 6.09 Å². The summed E-state index contributed by atoms with van der Waals surface area (Å²) in [6.07, 6.45) is 0.212. The lowest BCUT2D eigenvalue weighted by Gasteiger charge is -2.08. The molecular formula is C16H19N3O3. The van der Waals surface area contributed by atoms with Crippen LogP contribution in [0.4, 0.5) is 16.3 Å². The molecule has 1 heterocycles. The normalized spacial score (nSPS) is 10.0. The molecule has 0 radical (unpaired) electrons. The van der Waals surface area contributed by atoms with Gasteiger partial charge in [-0.15, -0.1) is 0 Å². The number of pyridine rings is 1. The van der Waals surface area contributed by atoms with Crippen molar-refractivity contribution in [2.24, 2.45) is 0 Å². The molecule has 3 N–H and O–H groups in total. The molecule has 1 aromatic heterocycles. The Bertz CT molecular complexity index is 668. The molecule has 0 saturated heterocycles. The van der Waals surface area contributed by atoms with E-state index in [1.54, 1.807) is 19.1 Å².